The number of carboxylic acid groups (broad SMARTS) is 1. The fourth-order valence-electron chi connectivity index (χ4n) is 1.59. The molecule has 8 nitrogen and oxygen atoms in total. The van der Waals surface area contributed by atoms with Gasteiger partial charge in [-0.05, 0) is 18.6 Å². The van der Waals surface area contributed by atoms with Gasteiger partial charge in [-0.2, -0.15) is 0 Å². The van der Waals surface area contributed by atoms with E-state index in [1.807, 2.05) is 0 Å². The summed E-state index contributed by atoms with van der Waals surface area (Å²) in [7, 11) is 1.21. The number of nitrogens with two attached hydrogens (primary N) is 1. The number of esters is 1. The first kappa shape index (κ1) is 16.6. The largest absolute Gasteiger partial charge is 0.480 e. The molecule has 0 aliphatic rings. The van der Waals surface area contributed by atoms with Gasteiger partial charge < -0.3 is 20.9 Å². The molecular weight excluding hydrogens is 278 g/mol. The maximum Gasteiger partial charge on any atom is 0.326 e. The number of carbonyl (C=O) groups excluding carboxylic acids is 2. The third kappa shape index (κ3) is 5.19. The smallest absolute Gasteiger partial charge is 0.326 e. The SMILES string of the molecule is COC(=O)CCC(NC(=O)c1ccnc(CN)c1)C(=O)O. The summed E-state index contributed by atoms with van der Waals surface area (Å²) in [6.07, 6.45) is 1.27. The Balaban J connectivity index is 2.71. The van der Waals surface area contributed by atoms with Crippen LogP contribution >= 0.6 is 0 Å². The van der Waals surface area contributed by atoms with E-state index in [9.17, 15) is 14.4 Å². The number of carbonyl (C=O) groups is 3. The Morgan fingerprint density at radius 3 is 2.76 bits per heavy atom. The van der Waals surface area contributed by atoms with Crippen LogP contribution in [0.1, 0.15) is 28.9 Å². The van der Waals surface area contributed by atoms with E-state index >= 15 is 0 Å². The number of hydrogen-bond donors (Lipinski definition) is 3. The summed E-state index contributed by atoms with van der Waals surface area (Å²) in [5.41, 5.74) is 6.20. The highest BCUT2D eigenvalue weighted by atomic mass is 16.5. The molecule has 0 aliphatic carbocycles. The second-order valence-electron chi connectivity index (χ2n) is 4.22. The zero-order valence-corrected chi connectivity index (χ0v) is 11.5. The molecule has 114 valence electrons. The molecule has 8 heteroatoms. The first-order valence-corrected chi connectivity index (χ1v) is 6.23. The lowest BCUT2D eigenvalue weighted by Crippen LogP contribution is -2.41. The Kier molecular flexibility index (Phi) is 6.28. The molecule has 0 saturated heterocycles. The Hall–Kier alpha value is -2.48. The maximum absolute atomic E-state index is 12.0. The lowest BCUT2D eigenvalue weighted by Gasteiger charge is -2.14. The minimum absolute atomic E-state index is 0.0530. The third-order valence-electron chi connectivity index (χ3n) is 2.76. The van der Waals surface area contributed by atoms with Crippen LogP contribution in [-0.4, -0.2) is 41.1 Å². The van der Waals surface area contributed by atoms with Crippen molar-refractivity contribution in [2.75, 3.05) is 7.11 Å². The summed E-state index contributed by atoms with van der Waals surface area (Å²) in [6, 6.07) is 1.76. The molecular formula is C13H17N3O5. The number of nitrogens with one attached hydrogen (secondary N) is 1. The highest BCUT2D eigenvalue weighted by Crippen LogP contribution is 2.05. The van der Waals surface area contributed by atoms with Gasteiger partial charge in [-0.15, -0.1) is 0 Å². The van der Waals surface area contributed by atoms with Crippen LogP contribution in [0, 0.1) is 0 Å². The molecule has 0 radical (unpaired) electrons. The van der Waals surface area contributed by atoms with Crippen LogP contribution in [0.2, 0.25) is 0 Å². The summed E-state index contributed by atoms with van der Waals surface area (Å²) in [5.74, 6) is -2.32. The molecule has 0 aliphatic heterocycles. The summed E-state index contributed by atoms with van der Waals surface area (Å²) < 4.78 is 4.43. The molecule has 1 rings (SSSR count). The van der Waals surface area contributed by atoms with E-state index in [1.165, 1.54) is 25.4 Å². The fraction of sp³-hybridized carbons (Fsp3) is 0.385. The lowest BCUT2D eigenvalue weighted by atomic mass is 10.1. The Morgan fingerprint density at radius 2 is 2.19 bits per heavy atom. The molecule has 0 bridgehead atoms. The van der Waals surface area contributed by atoms with Crippen LogP contribution in [0.4, 0.5) is 0 Å². The monoisotopic (exact) mass is 295 g/mol. The van der Waals surface area contributed by atoms with Gasteiger partial charge in [0.25, 0.3) is 5.91 Å². The topological polar surface area (TPSA) is 132 Å². The number of carboxylic acids is 1. The molecule has 1 aromatic rings. The van der Waals surface area contributed by atoms with Crippen molar-refractivity contribution in [2.45, 2.75) is 25.4 Å². The van der Waals surface area contributed by atoms with E-state index in [1.54, 1.807) is 0 Å². The molecule has 21 heavy (non-hydrogen) atoms. The molecule has 1 amide bonds. The Bertz CT molecular complexity index is 532. The molecule has 0 spiro atoms. The highest BCUT2D eigenvalue weighted by molar-refractivity contribution is 5.96. The van der Waals surface area contributed by atoms with Crippen molar-refractivity contribution in [3.05, 3.63) is 29.6 Å². The van der Waals surface area contributed by atoms with Crippen LogP contribution in [0.15, 0.2) is 18.3 Å². The molecule has 0 aromatic carbocycles. The van der Waals surface area contributed by atoms with Gasteiger partial charge >= 0.3 is 11.9 Å². The first-order chi connectivity index (χ1) is 9.97. The second kappa shape index (κ2) is 7.95. The zero-order valence-electron chi connectivity index (χ0n) is 11.5. The summed E-state index contributed by atoms with van der Waals surface area (Å²) >= 11 is 0. The van der Waals surface area contributed by atoms with Gasteiger partial charge in [-0.1, -0.05) is 0 Å². The summed E-state index contributed by atoms with van der Waals surface area (Å²) in [5, 5.41) is 11.4. The van der Waals surface area contributed by atoms with Gasteiger partial charge in [0.15, 0.2) is 0 Å². The van der Waals surface area contributed by atoms with Crippen molar-refractivity contribution in [1.29, 1.82) is 0 Å². The quantitative estimate of drug-likeness (QED) is 0.587. The van der Waals surface area contributed by atoms with Gasteiger partial charge in [0.05, 0.1) is 12.8 Å². The minimum atomic E-state index is -1.22. The number of aliphatic carboxylic acids is 1. The van der Waals surface area contributed by atoms with Gasteiger partial charge in [-0.25, -0.2) is 4.79 Å². The van der Waals surface area contributed by atoms with Crippen LogP contribution in [-0.2, 0) is 20.9 Å². The first-order valence-electron chi connectivity index (χ1n) is 6.23. The van der Waals surface area contributed by atoms with Crippen molar-refractivity contribution in [3.63, 3.8) is 0 Å². The number of amides is 1. The average Bonchev–Trinajstić information content (AvgIpc) is 2.50. The van der Waals surface area contributed by atoms with Crippen LogP contribution < -0.4 is 11.1 Å². The standard InChI is InChI=1S/C13H17N3O5/c1-21-11(17)3-2-10(13(19)20)16-12(18)8-4-5-15-9(6-8)7-14/h4-6,10H,2-3,7,14H2,1H3,(H,16,18)(H,19,20). The Morgan fingerprint density at radius 1 is 1.48 bits per heavy atom. The predicted octanol–water partition coefficient (Wildman–Crippen LogP) is -0.323. The zero-order chi connectivity index (χ0) is 15.8. The average molecular weight is 295 g/mol. The van der Waals surface area contributed by atoms with Gasteiger partial charge in [0.2, 0.25) is 0 Å². The van der Waals surface area contributed by atoms with Crippen molar-refractivity contribution in [2.24, 2.45) is 5.73 Å². The number of hydrogen-bond acceptors (Lipinski definition) is 6. The van der Waals surface area contributed by atoms with Gasteiger partial charge in [-0.3, -0.25) is 14.6 Å². The van der Waals surface area contributed by atoms with E-state index < -0.39 is 23.9 Å². The second-order valence-corrected chi connectivity index (χ2v) is 4.22. The van der Waals surface area contributed by atoms with Crippen molar-refractivity contribution in [3.8, 4) is 0 Å². The number of aromatic nitrogens is 1. The highest BCUT2D eigenvalue weighted by Gasteiger charge is 2.22. The Labute approximate surface area is 121 Å². The van der Waals surface area contributed by atoms with E-state index in [0.717, 1.165) is 0 Å². The van der Waals surface area contributed by atoms with Crippen molar-refractivity contribution < 1.29 is 24.2 Å². The fourth-order valence-corrected chi connectivity index (χ4v) is 1.59. The molecule has 1 atom stereocenters. The molecule has 1 heterocycles. The number of pyridine rings is 1. The van der Waals surface area contributed by atoms with Crippen LogP contribution in [0.5, 0.6) is 0 Å². The van der Waals surface area contributed by atoms with E-state index in [2.05, 4.69) is 15.0 Å². The normalized spacial score (nSPS) is 11.5. The third-order valence-corrected chi connectivity index (χ3v) is 2.76. The van der Waals surface area contributed by atoms with Crippen molar-refractivity contribution in [1.82, 2.24) is 10.3 Å². The number of rotatable bonds is 7. The molecule has 1 aromatic heterocycles. The molecule has 0 fully saturated rings. The van der Waals surface area contributed by atoms with Crippen molar-refractivity contribution >= 4 is 17.8 Å². The molecule has 1 unspecified atom stereocenters. The molecule has 0 saturated carbocycles. The van der Waals surface area contributed by atoms with Gasteiger partial charge in [0, 0.05) is 24.7 Å². The van der Waals surface area contributed by atoms with Crippen LogP contribution in [0.3, 0.4) is 0 Å². The van der Waals surface area contributed by atoms with Crippen LogP contribution in [0.25, 0.3) is 0 Å². The number of ether oxygens (including phenoxy) is 1. The van der Waals surface area contributed by atoms with E-state index in [4.69, 9.17) is 10.8 Å². The maximum atomic E-state index is 12.0. The van der Waals surface area contributed by atoms with Gasteiger partial charge in [0.1, 0.15) is 6.04 Å². The van der Waals surface area contributed by atoms with E-state index in [-0.39, 0.29) is 24.9 Å². The van der Waals surface area contributed by atoms with E-state index in [0.29, 0.717) is 5.69 Å². The lowest BCUT2D eigenvalue weighted by molar-refractivity contribution is -0.142. The summed E-state index contributed by atoms with van der Waals surface area (Å²) in [4.78, 5) is 38.0. The summed E-state index contributed by atoms with van der Waals surface area (Å²) in [6.45, 7) is 0.172. The minimum Gasteiger partial charge on any atom is -0.480 e. The molecule has 4 N–H and O–H groups in total. The number of methoxy groups -OCH3 is 1. The number of nitrogens with zero attached hydrogens (tertiary/aromatic N) is 1. The predicted molar refractivity (Wildman–Crippen MR) is 72.3 cm³/mol.